The quantitative estimate of drug-likeness (QED) is 0.521. The van der Waals surface area contributed by atoms with Crippen LogP contribution in [0, 0.1) is 10.1 Å². The summed E-state index contributed by atoms with van der Waals surface area (Å²) in [6.07, 6.45) is -0.804. The van der Waals surface area contributed by atoms with Crippen LogP contribution in [0.2, 0.25) is 5.02 Å². The van der Waals surface area contributed by atoms with Crippen molar-refractivity contribution < 1.29 is 29.5 Å². The van der Waals surface area contributed by atoms with Gasteiger partial charge in [0.05, 0.1) is 11.3 Å². The number of nitrogens with one attached hydrogen (secondary N) is 1. The summed E-state index contributed by atoms with van der Waals surface area (Å²) >= 11 is 5.62. The Kier molecular flexibility index (Phi) is 5.19. The van der Waals surface area contributed by atoms with E-state index in [9.17, 15) is 24.5 Å². The van der Waals surface area contributed by atoms with Crippen molar-refractivity contribution in [3.05, 3.63) is 38.9 Å². The molecule has 1 rings (SSSR count). The van der Waals surface area contributed by atoms with Gasteiger partial charge in [0.15, 0.2) is 0 Å². The Morgan fingerprint density at radius 1 is 1.33 bits per heavy atom. The second kappa shape index (κ2) is 6.66. The van der Waals surface area contributed by atoms with Crippen LogP contribution in [-0.2, 0) is 9.59 Å². The topological polar surface area (TPSA) is 147 Å². The number of hydrogen-bond acceptors (Lipinski definition) is 5. The molecule has 0 radical (unpaired) electrons. The van der Waals surface area contributed by atoms with Crippen LogP contribution >= 0.6 is 11.6 Å². The van der Waals surface area contributed by atoms with Crippen LogP contribution in [0.4, 0.5) is 5.69 Å². The van der Waals surface area contributed by atoms with Gasteiger partial charge in [0.2, 0.25) is 0 Å². The lowest BCUT2D eigenvalue weighted by Gasteiger charge is -2.12. The lowest BCUT2D eigenvalue weighted by atomic mass is 10.1. The van der Waals surface area contributed by atoms with E-state index in [1.165, 1.54) is 0 Å². The first kappa shape index (κ1) is 16.4. The predicted octanol–water partition coefficient (Wildman–Crippen LogP) is 0.906. The first-order valence-electron chi connectivity index (χ1n) is 5.41. The third kappa shape index (κ3) is 4.42. The maximum atomic E-state index is 11.8. The van der Waals surface area contributed by atoms with E-state index in [4.69, 9.17) is 21.8 Å². The molecule has 1 atom stereocenters. The molecule has 0 fully saturated rings. The number of nitrogens with zero attached hydrogens (tertiary/aromatic N) is 1. The molecule has 1 aromatic carbocycles. The molecule has 0 aliphatic rings. The van der Waals surface area contributed by atoms with E-state index in [0.717, 1.165) is 18.2 Å². The monoisotopic (exact) mass is 316 g/mol. The standard InChI is InChI=1S/C11H9ClN2O7/c12-6-3-5(1-2-8(6)14(20)21)10(17)13-7(11(18)19)4-9(15)16/h1-3,7H,4H2,(H,13,17)(H,15,16)(H,18,19). The summed E-state index contributed by atoms with van der Waals surface area (Å²) in [6, 6.07) is 1.45. The molecule has 0 heterocycles. The molecule has 1 unspecified atom stereocenters. The van der Waals surface area contributed by atoms with E-state index in [-0.39, 0.29) is 10.6 Å². The van der Waals surface area contributed by atoms with E-state index in [1.807, 2.05) is 5.32 Å². The Morgan fingerprint density at radius 3 is 2.38 bits per heavy atom. The van der Waals surface area contributed by atoms with Gasteiger partial charge in [0.25, 0.3) is 11.6 Å². The number of nitro groups is 1. The fourth-order valence-corrected chi connectivity index (χ4v) is 1.66. The predicted molar refractivity (Wildman–Crippen MR) is 69.2 cm³/mol. The van der Waals surface area contributed by atoms with Crippen LogP contribution in [0.5, 0.6) is 0 Å². The van der Waals surface area contributed by atoms with E-state index in [0.29, 0.717) is 0 Å². The van der Waals surface area contributed by atoms with Crippen molar-refractivity contribution in [2.75, 3.05) is 0 Å². The molecule has 1 aromatic rings. The number of nitro benzene ring substituents is 1. The number of hydrogen-bond donors (Lipinski definition) is 3. The molecule has 0 aromatic heterocycles. The fourth-order valence-electron chi connectivity index (χ4n) is 1.41. The van der Waals surface area contributed by atoms with Crippen molar-refractivity contribution in [1.29, 1.82) is 0 Å². The van der Waals surface area contributed by atoms with Crippen LogP contribution < -0.4 is 5.32 Å². The highest BCUT2D eigenvalue weighted by Crippen LogP contribution is 2.24. The maximum absolute atomic E-state index is 11.8. The van der Waals surface area contributed by atoms with Crippen LogP contribution in [0.15, 0.2) is 18.2 Å². The van der Waals surface area contributed by atoms with Crippen molar-refractivity contribution in [3.8, 4) is 0 Å². The number of carboxylic acids is 2. The zero-order chi connectivity index (χ0) is 16.2. The summed E-state index contributed by atoms with van der Waals surface area (Å²) in [5, 5.41) is 29.6. The van der Waals surface area contributed by atoms with Crippen LogP contribution in [0.3, 0.4) is 0 Å². The largest absolute Gasteiger partial charge is 0.481 e. The minimum Gasteiger partial charge on any atom is -0.481 e. The zero-order valence-electron chi connectivity index (χ0n) is 10.3. The van der Waals surface area contributed by atoms with Gasteiger partial charge in [-0.3, -0.25) is 19.7 Å². The second-order valence-electron chi connectivity index (χ2n) is 3.89. The smallest absolute Gasteiger partial charge is 0.326 e. The SMILES string of the molecule is O=C(O)CC(NC(=O)c1ccc([N+](=O)[O-])c(Cl)c1)C(=O)O. The number of benzene rings is 1. The number of carbonyl (C=O) groups is 3. The average Bonchev–Trinajstić information content (AvgIpc) is 2.36. The molecule has 0 saturated heterocycles. The Bertz CT molecular complexity index is 617. The van der Waals surface area contributed by atoms with Gasteiger partial charge in [-0.2, -0.15) is 0 Å². The first-order valence-corrected chi connectivity index (χ1v) is 5.79. The second-order valence-corrected chi connectivity index (χ2v) is 4.29. The highest BCUT2D eigenvalue weighted by Gasteiger charge is 2.24. The van der Waals surface area contributed by atoms with Crippen molar-refractivity contribution >= 4 is 35.1 Å². The number of carboxylic acid groups (broad SMARTS) is 2. The number of rotatable bonds is 6. The summed E-state index contributed by atoms with van der Waals surface area (Å²) < 4.78 is 0. The van der Waals surface area contributed by atoms with Crippen molar-refractivity contribution in [2.24, 2.45) is 0 Å². The molecular weight excluding hydrogens is 308 g/mol. The summed E-state index contributed by atoms with van der Waals surface area (Å²) in [5.41, 5.74) is -0.532. The van der Waals surface area contributed by atoms with E-state index in [1.54, 1.807) is 0 Å². The van der Waals surface area contributed by atoms with E-state index >= 15 is 0 Å². The molecule has 9 nitrogen and oxygen atoms in total. The third-order valence-electron chi connectivity index (χ3n) is 2.39. The number of carbonyl (C=O) groups excluding carboxylic acids is 1. The molecule has 0 bridgehead atoms. The molecule has 21 heavy (non-hydrogen) atoms. The van der Waals surface area contributed by atoms with Crippen LogP contribution in [0.1, 0.15) is 16.8 Å². The highest BCUT2D eigenvalue weighted by atomic mass is 35.5. The molecule has 0 saturated carbocycles. The van der Waals surface area contributed by atoms with Gasteiger partial charge in [-0.15, -0.1) is 0 Å². The summed E-state index contributed by atoms with van der Waals surface area (Å²) in [4.78, 5) is 42.9. The maximum Gasteiger partial charge on any atom is 0.326 e. The van der Waals surface area contributed by atoms with Gasteiger partial charge >= 0.3 is 11.9 Å². The fraction of sp³-hybridized carbons (Fsp3) is 0.182. The van der Waals surface area contributed by atoms with Gasteiger partial charge < -0.3 is 15.5 Å². The number of halogens is 1. The van der Waals surface area contributed by atoms with Crippen molar-refractivity contribution in [2.45, 2.75) is 12.5 Å². The molecule has 1 amide bonds. The summed E-state index contributed by atoms with van der Waals surface area (Å²) in [6.45, 7) is 0. The van der Waals surface area contributed by atoms with Crippen molar-refractivity contribution in [1.82, 2.24) is 5.32 Å². The van der Waals surface area contributed by atoms with Crippen LogP contribution in [0.25, 0.3) is 0 Å². The normalized spacial score (nSPS) is 11.5. The lowest BCUT2D eigenvalue weighted by molar-refractivity contribution is -0.384. The van der Waals surface area contributed by atoms with E-state index < -0.39 is 40.9 Å². The molecule has 0 spiro atoms. The third-order valence-corrected chi connectivity index (χ3v) is 2.69. The Balaban J connectivity index is 2.93. The number of amides is 1. The number of aliphatic carboxylic acids is 2. The average molecular weight is 317 g/mol. The van der Waals surface area contributed by atoms with Gasteiger partial charge in [-0.25, -0.2) is 4.79 Å². The Hall–Kier alpha value is -2.68. The summed E-state index contributed by atoms with van der Waals surface area (Å²) in [5.74, 6) is -3.82. The van der Waals surface area contributed by atoms with Crippen LogP contribution in [-0.4, -0.2) is 39.0 Å². The summed E-state index contributed by atoms with van der Waals surface area (Å²) in [7, 11) is 0. The van der Waals surface area contributed by atoms with E-state index in [2.05, 4.69) is 0 Å². The zero-order valence-corrected chi connectivity index (χ0v) is 11.0. The van der Waals surface area contributed by atoms with Gasteiger partial charge in [0, 0.05) is 11.6 Å². The first-order chi connectivity index (χ1) is 9.72. The molecular formula is C11H9ClN2O7. The highest BCUT2D eigenvalue weighted by molar-refractivity contribution is 6.33. The Labute approximate surface area is 122 Å². The minimum absolute atomic E-state index is 0.123. The lowest BCUT2D eigenvalue weighted by Crippen LogP contribution is -2.42. The van der Waals surface area contributed by atoms with Gasteiger partial charge in [-0.1, -0.05) is 11.6 Å². The molecule has 3 N–H and O–H groups in total. The molecule has 10 heteroatoms. The van der Waals surface area contributed by atoms with Gasteiger partial charge in [-0.05, 0) is 12.1 Å². The van der Waals surface area contributed by atoms with Gasteiger partial charge in [0.1, 0.15) is 11.1 Å². The molecule has 112 valence electrons. The van der Waals surface area contributed by atoms with Crippen molar-refractivity contribution in [3.63, 3.8) is 0 Å². The molecule has 0 aliphatic heterocycles. The molecule has 0 aliphatic carbocycles. The minimum atomic E-state index is -1.62. The Morgan fingerprint density at radius 2 is 1.95 bits per heavy atom.